The van der Waals surface area contributed by atoms with Crippen LogP contribution in [0, 0.1) is 0 Å². The Morgan fingerprint density at radius 1 is 1.22 bits per heavy atom. The first kappa shape index (κ1) is 18.7. The second-order valence-corrected chi connectivity index (χ2v) is 6.10. The summed E-state index contributed by atoms with van der Waals surface area (Å²) in [6.07, 6.45) is -2.70. The lowest BCUT2D eigenvalue weighted by atomic mass is 9.98. The highest BCUT2D eigenvalue weighted by Crippen LogP contribution is 2.40. The van der Waals surface area contributed by atoms with Crippen LogP contribution >= 0.6 is 0 Å². The highest BCUT2D eigenvalue weighted by atomic mass is 19.4. The van der Waals surface area contributed by atoms with E-state index in [9.17, 15) is 23.1 Å². The van der Waals surface area contributed by atoms with Gasteiger partial charge in [0, 0.05) is 16.9 Å². The molecule has 0 radical (unpaired) electrons. The highest BCUT2D eigenvalue weighted by molar-refractivity contribution is 5.99. The van der Waals surface area contributed by atoms with Crippen molar-refractivity contribution in [3.8, 4) is 0 Å². The Hall–Kier alpha value is -3.06. The summed E-state index contributed by atoms with van der Waals surface area (Å²) in [6.45, 7) is 5.21. The molecule has 0 saturated carbocycles. The van der Waals surface area contributed by atoms with E-state index in [4.69, 9.17) is 0 Å². The van der Waals surface area contributed by atoms with Gasteiger partial charge in [-0.3, -0.25) is 4.79 Å². The number of carbonyl (C=O) groups excluding carboxylic acids is 1. The SMILES string of the molecule is C=CC(=O)Nc1ccc2c(c1)C(C)=CC(O)N2c1ccc(C(F)(F)F)cc1. The first-order valence-corrected chi connectivity index (χ1v) is 8.11. The molecule has 2 aromatic carbocycles. The predicted octanol–water partition coefficient (Wildman–Crippen LogP) is 4.70. The second-order valence-electron chi connectivity index (χ2n) is 6.10. The standard InChI is InChI=1S/C20H17F3N2O2/c1-3-18(26)24-14-6-9-17-16(11-14)12(2)10-19(27)25(17)15-7-4-13(5-8-15)20(21,22)23/h3-11,19,27H,1H2,2H3,(H,24,26). The minimum Gasteiger partial charge on any atom is -0.370 e. The Balaban J connectivity index is 2.01. The van der Waals surface area contributed by atoms with Crippen LogP contribution in [-0.4, -0.2) is 17.2 Å². The first-order valence-electron chi connectivity index (χ1n) is 8.11. The number of allylic oxidation sites excluding steroid dienone is 1. The van der Waals surface area contributed by atoms with Crippen molar-refractivity contribution in [3.05, 3.63) is 72.3 Å². The number of alkyl halides is 3. The summed E-state index contributed by atoms with van der Waals surface area (Å²) in [5.41, 5.74) is 2.38. The number of anilines is 3. The van der Waals surface area contributed by atoms with Gasteiger partial charge in [0.25, 0.3) is 0 Å². The van der Waals surface area contributed by atoms with Crippen molar-refractivity contribution < 1.29 is 23.1 Å². The maximum atomic E-state index is 12.8. The molecule has 0 spiro atoms. The summed E-state index contributed by atoms with van der Waals surface area (Å²) in [7, 11) is 0. The monoisotopic (exact) mass is 374 g/mol. The molecule has 0 saturated heterocycles. The summed E-state index contributed by atoms with van der Waals surface area (Å²) in [4.78, 5) is 13.0. The van der Waals surface area contributed by atoms with Gasteiger partial charge in [0.1, 0.15) is 0 Å². The Labute approximate surface area is 154 Å². The Morgan fingerprint density at radius 2 is 1.89 bits per heavy atom. The number of halogens is 3. The van der Waals surface area contributed by atoms with E-state index >= 15 is 0 Å². The molecule has 0 fully saturated rings. The molecule has 1 heterocycles. The Bertz CT molecular complexity index is 918. The lowest BCUT2D eigenvalue weighted by molar-refractivity contribution is -0.137. The number of hydrogen-bond donors (Lipinski definition) is 2. The zero-order valence-corrected chi connectivity index (χ0v) is 14.4. The molecular formula is C20H17F3N2O2. The van der Waals surface area contributed by atoms with Gasteiger partial charge in [0.15, 0.2) is 6.23 Å². The molecule has 1 atom stereocenters. The van der Waals surface area contributed by atoms with E-state index in [-0.39, 0.29) is 5.91 Å². The van der Waals surface area contributed by atoms with Crippen molar-refractivity contribution in [2.75, 3.05) is 10.2 Å². The van der Waals surface area contributed by atoms with E-state index in [0.29, 0.717) is 17.1 Å². The van der Waals surface area contributed by atoms with Crippen LogP contribution < -0.4 is 10.2 Å². The van der Waals surface area contributed by atoms with Gasteiger partial charge in [0.2, 0.25) is 5.91 Å². The number of fused-ring (bicyclic) bond motifs is 1. The number of rotatable bonds is 3. The van der Waals surface area contributed by atoms with Crippen LogP contribution in [0.2, 0.25) is 0 Å². The van der Waals surface area contributed by atoms with Crippen molar-refractivity contribution in [2.24, 2.45) is 0 Å². The average Bonchev–Trinajstić information content (AvgIpc) is 2.61. The maximum Gasteiger partial charge on any atom is 0.416 e. The molecule has 2 aromatic rings. The minimum absolute atomic E-state index is 0.355. The number of nitrogens with one attached hydrogen (secondary N) is 1. The molecule has 27 heavy (non-hydrogen) atoms. The van der Waals surface area contributed by atoms with E-state index in [1.165, 1.54) is 17.0 Å². The van der Waals surface area contributed by atoms with E-state index in [1.807, 2.05) is 6.92 Å². The number of amides is 1. The maximum absolute atomic E-state index is 12.8. The zero-order valence-electron chi connectivity index (χ0n) is 14.4. The molecule has 3 rings (SSSR count). The molecular weight excluding hydrogens is 357 g/mol. The molecule has 4 nitrogen and oxygen atoms in total. The molecule has 1 unspecified atom stereocenters. The van der Waals surface area contributed by atoms with Crippen LogP contribution in [0.25, 0.3) is 5.57 Å². The summed E-state index contributed by atoms with van der Waals surface area (Å²) in [5, 5.41) is 13.1. The third-order valence-corrected chi connectivity index (χ3v) is 4.27. The van der Waals surface area contributed by atoms with Crippen molar-refractivity contribution in [3.63, 3.8) is 0 Å². The largest absolute Gasteiger partial charge is 0.416 e. The summed E-state index contributed by atoms with van der Waals surface area (Å²) in [6, 6.07) is 9.69. The van der Waals surface area contributed by atoms with Gasteiger partial charge in [0.05, 0.1) is 11.3 Å². The van der Waals surface area contributed by atoms with Gasteiger partial charge in [-0.1, -0.05) is 6.58 Å². The van der Waals surface area contributed by atoms with Crippen molar-refractivity contribution in [1.82, 2.24) is 0 Å². The lowest BCUT2D eigenvalue weighted by Crippen LogP contribution is -2.32. The topological polar surface area (TPSA) is 52.6 Å². The van der Waals surface area contributed by atoms with Crippen LogP contribution in [0.5, 0.6) is 0 Å². The fourth-order valence-corrected chi connectivity index (χ4v) is 2.97. The smallest absolute Gasteiger partial charge is 0.370 e. The van der Waals surface area contributed by atoms with Gasteiger partial charge >= 0.3 is 6.18 Å². The molecule has 2 N–H and O–H groups in total. The Morgan fingerprint density at radius 3 is 2.48 bits per heavy atom. The average molecular weight is 374 g/mol. The van der Waals surface area contributed by atoms with Crippen LogP contribution in [0.3, 0.4) is 0 Å². The number of aliphatic hydroxyl groups is 1. The van der Waals surface area contributed by atoms with Gasteiger partial charge < -0.3 is 15.3 Å². The van der Waals surface area contributed by atoms with Crippen molar-refractivity contribution >= 4 is 28.5 Å². The second kappa shape index (κ2) is 6.92. The van der Waals surface area contributed by atoms with E-state index < -0.39 is 18.0 Å². The third kappa shape index (κ3) is 3.73. The number of hydrogen-bond acceptors (Lipinski definition) is 3. The summed E-state index contributed by atoms with van der Waals surface area (Å²) >= 11 is 0. The van der Waals surface area contributed by atoms with Crippen LogP contribution in [0.1, 0.15) is 18.1 Å². The normalized spacial score (nSPS) is 16.4. The molecule has 0 aromatic heterocycles. The van der Waals surface area contributed by atoms with E-state index in [2.05, 4.69) is 11.9 Å². The highest BCUT2D eigenvalue weighted by Gasteiger charge is 2.31. The van der Waals surface area contributed by atoms with E-state index in [0.717, 1.165) is 29.3 Å². The number of carbonyl (C=O) groups is 1. The molecule has 0 bridgehead atoms. The fraction of sp³-hybridized carbons (Fsp3) is 0.150. The molecule has 0 aliphatic carbocycles. The number of nitrogens with zero attached hydrogens (tertiary/aromatic N) is 1. The zero-order chi connectivity index (χ0) is 19.8. The Kier molecular flexibility index (Phi) is 4.80. The van der Waals surface area contributed by atoms with Crippen molar-refractivity contribution in [1.29, 1.82) is 0 Å². The minimum atomic E-state index is -4.42. The van der Waals surface area contributed by atoms with Crippen LogP contribution in [-0.2, 0) is 11.0 Å². The lowest BCUT2D eigenvalue weighted by Gasteiger charge is -2.34. The van der Waals surface area contributed by atoms with Gasteiger partial charge in [-0.15, -0.1) is 0 Å². The molecule has 1 aliphatic rings. The van der Waals surface area contributed by atoms with Gasteiger partial charge in [-0.05, 0) is 67.1 Å². The third-order valence-electron chi connectivity index (χ3n) is 4.27. The fourth-order valence-electron chi connectivity index (χ4n) is 2.97. The van der Waals surface area contributed by atoms with Crippen molar-refractivity contribution in [2.45, 2.75) is 19.3 Å². The van der Waals surface area contributed by atoms with Crippen LogP contribution in [0.15, 0.2) is 61.2 Å². The van der Waals surface area contributed by atoms with E-state index in [1.54, 1.807) is 24.3 Å². The molecule has 1 aliphatic heterocycles. The summed E-state index contributed by atoms with van der Waals surface area (Å²) < 4.78 is 38.4. The number of aliphatic hydroxyl groups excluding tert-OH is 1. The van der Waals surface area contributed by atoms with Gasteiger partial charge in [-0.2, -0.15) is 13.2 Å². The number of benzene rings is 2. The van der Waals surface area contributed by atoms with Crippen LogP contribution in [0.4, 0.5) is 30.2 Å². The first-order chi connectivity index (χ1) is 12.7. The quantitative estimate of drug-likeness (QED) is 0.766. The molecule has 7 heteroatoms. The summed E-state index contributed by atoms with van der Waals surface area (Å²) in [5.74, 6) is -0.355. The molecule has 140 valence electrons. The predicted molar refractivity (Wildman–Crippen MR) is 98.5 cm³/mol. The molecule has 1 amide bonds. The van der Waals surface area contributed by atoms with Gasteiger partial charge in [-0.25, -0.2) is 0 Å².